The van der Waals surface area contributed by atoms with E-state index in [2.05, 4.69) is 16.7 Å². The molecule has 13 heteroatoms. The minimum Gasteiger partial charge on any atom is -0.426 e. The van der Waals surface area contributed by atoms with Crippen molar-refractivity contribution in [2.75, 3.05) is 19.8 Å². The third-order valence-corrected chi connectivity index (χ3v) is 7.76. The fourth-order valence-electron chi connectivity index (χ4n) is 4.97. The second-order valence-electron chi connectivity index (χ2n) is 11.0. The SMILES string of the molecule is CC(C)CC(C#N)C(=O)N1CCC[C@@H]1COC[C@H](NC(=O)c1cc(Cl)ccc1Cl)C(=O)N[C@@H](Cc1ccccc1)B(O)O. The van der Waals surface area contributed by atoms with Crippen molar-refractivity contribution in [1.82, 2.24) is 15.5 Å². The molecule has 3 amide bonds. The van der Waals surface area contributed by atoms with Crippen LogP contribution in [0, 0.1) is 23.2 Å². The first kappa shape index (κ1) is 34.4. The lowest BCUT2D eigenvalue weighted by atomic mass is 9.76. The third-order valence-electron chi connectivity index (χ3n) is 7.20. The summed E-state index contributed by atoms with van der Waals surface area (Å²) in [4.78, 5) is 41.3. The van der Waals surface area contributed by atoms with Gasteiger partial charge in [0.15, 0.2) is 0 Å². The fourth-order valence-corrected chi connectivity index (χ4v) is 5.35. The van der Waals surface area contributed by atoms with Crippen molar-refractivity contribution in [2.24, 2.45) is 11.8 Å². The Balaban J connectivity index is 1.73. The zero-order valence-corrected chi connectivity index (χ0v) is 25.7. The van der Waals surface area contributed by atoms with E-state index in [-0.39, 0.29) is 53.1 Å². The number of hydrogen-bond acceptors (Lipinski definition) is 7. The Labute approximate surface area is 262 Å². The number of rotatable bonds is 14. The Morgan fingerprint density at radius 2 is 1.86 bits per heavy atom. The van der Waals surface area contributed by atoms with E-state index in [4.69, 9.17) is 27.9 Å². The van der Waals surface area contributed by atoms with Gasteiger partial charge in [-0.05, 0) is 55.4 Å². The van der Waals surface area contributed by atoms with Crippen molar-refractivity contribution in [1.29, 1.82) is 5.26 Å². The topological polar surface area (TPSA) is 152 Å². The van der Waals surface area contributed by atoms with Crippen LogP contribution in [0.5, 0.6) is 0 Å². The molecular weight excluding hydrogens is 594 g/mol. The number of carbonyl (C=O) groups excluding carboxylic acids is 3. The molecule has 3 rings (SSSR count). The quantitative estimate of drug-likeness (QED) is 0.234. The largest absolute Gasteiger partial charge is 0.475 e. The summed E-state index contributed by atoms with van der Waals surface area (Å²) >= 11 is 12.2. The van der Waals surface area contributed by atoms with Crippen molar-refractivity contribution in [3.05, 3.63) is 69.7 Å². The maximum Gasteiger partial charge on any atom is 0.475 e. The van der Waals surface area contributed by atoms with Crippen molar-refractivity contribution in [3.8, 4) is 6.07 Å². The molecule has 1 aliphatic heterocycles. The number of carbonyl (C=O) groups is 3. The summed E-state index contributed by atoms with van der Waals surface area (Å²) in [7, 11) is -1.87. The van der Waals surface area contributed by atoms with Gasteiger partial charge in [-0.2, -0.15) is 5.26 Å². The number of amides is 3. The molecule has 1 saturated heterocycles. The number of nitrogens with zero attached hydrogens (tertiary/aromatic N) is 2. The summed E-state index contributed by atoms with van der Waals surface area (Å²) in [5.74, 6) is -3.25. The zero-order chi connectivity index (χ0) is 31.5. The van der Waals surface area contributed by atoms with Crippen molar-refractivity contribution < 1.29 is 29.2 Å². The predicted molar refractivity (Wildman–Crippen MR) is 164 cm³/mol. The first-order valence-corrected chi connectivity index (χ1v) is 15.0. The maximum atomic E-state index is 13.4. The molecule has 43 heavy (non-hydrogen) atoms. The number of nitriles is 1. The highest BCUT2D eigenvalue weighted by atomic mass is 35.5. The van der Waals surface area contributed by atoms with Gasteiger partial charge >= 0.3 is 7.12 Å². The van der Waals surface area contributed by atoms with Gasteiger partial charge in [0.05, 0.1) is 41.9 Å². The highest BCUT2D eigenvalue weighted by molar-refractivity contribution is 6.43. The minimum atomic E-state index is -1.87. The summed E-state index contributed by atoms with van der Waals surface area (Å²) in [6, 6.07) is 13.9. The second-order valence-corrected chi connectivity index (χ2v) is 11.9. The number of halogens is 2. The van der Waals surface area contributed by atoms with E-state index in [0.717, 1.165) is 12.0 Å². The van der Waals surface area contributed by atoms with Crippen molar-refractivity contribution in [3.63, 3.8) is 0 Å². The van der Waals surface area contributed by atoms with Crippen LogP contribution < -0.4 is 10.6 Å². The Bertz CT molecular complexity index is 1290. The molecule has 1 fully saturated rings. The number of likely N-dealkylation sites (tertiary alicyclic amines) is 1. The molecule has 0 aliphatic carbocycles. The lowest BCUT2D eigenvalue weighted by Gasteiger charge is -2.28. The number of nitrogens with one attached hydrogen (secondary N) is 2. The molecule has 10 nitrogen and oxygen atoms in total. The Morgan fingerprint density at radius 3 is 2.51 bits per heavy atom. The second kappa shape index (κ2) is 16.6. The number of benzene rings is 2. The summed E-state index contributed by atoms with van der Waals surface area (Å²) in [5, 5.41) is 35.1. The van der Waals surface area contributed by atoms with Crippen LogP contribution in [0.1, 0.15) is 49.0 Å². The van der Waals surface area contributed by atoms with Gasteiger partial charge in [0.2, 0.25) is 11.8 Å². The third kappa shape index (κ3) is 10.2. The molecule has 230 valence electrons. The van der Waals surface area contributed by atoms with Gasteiger partial charge in [0, 0.05) is 11.6 Å². The minimum absolute atomic E-state index is 0.0512. The van der Waals surface area contributed by atoms with Gasteiger partial charge in [0.1, 0.15) is 12.0 Å². The van der Waals surface area contributed by atoms with Crippen LogP contribution in [0.3, 0.4) is 0 Å². The molecule has 4 atom stereocenters. The van der Waals surface area contributed by atoms with E-state index in [0.29, 0.717) is 19.4 Å². The molecule has 2 aromatic rings. The van der Waals surface area contributed by atoms with Gasteiger partial charge in [-0.3, -0.25) is 14.4 Å². The lowest BCUT2D eigenvalue weighted by Crippen LogP contribution is -2.56. The molecule has 4 N–H and O–H groups in total. The van der Waals surface area contributed by atoms with E-state index < -0.39 is 36.8 Å². The van der Waals surface area contributed by atoms with Crippen LogP contribution >= 0.6 is 23.2 Å². The van der Waals surface area contributed by atoms with Crippen LogP contribution in [0.4, 0.5) is 0 Å². The fraction of sp³-hybridized carbons (Fsp3) is 0.467. The van der Waals surface area contributed by atoms with Gasteiger partial charge in [-0.25, -0.2) is 0 Å². The lowest BCUT2D eigenvalue weighted by molar-refractivity contribution is -0.136. The Hall–Kier alpha value is -3.14. The van der Waals surface area contributed by atoms with Crippen LogP contribution in [-0.4, -0.2) is 77.6 Å². The summed E-state index contributed by atoms with van der Waals surface area (Å²) < 4.78 is 5.89. The normalized spacial score (nSPS) is 16.7. The molecule has 1 aliphatic rings. The van der Waals surface area contributed by atoms with E-state index in [1.165, 1.54) is 18.2 Å². The smallest absolute Gasteiger partial charge is 0.426 e. The predicted octanol–water partition coefficient (Wildman–Crippen LogP) is 3.02. The van der Waals surface area contributed by atoms with Crippen LogP contribution in [0.15, 0.2) is 48.5 Å². The van der Waals surface area contributed by atoms with Crippen LogP contribution in [0.25, 0.3) is 0 Å². The van der Waals surface area contributed by atoms with E-state index >= 15 is 0 Å². The maximum absolute atomic E-state index is 13.4. The number of ether oxygens (including phenoxy) is 1. The van der Waals surface area contributed by atoms with Crippen LogP contribution in [0.2, 0.25) is 10.0 Å². The molecule has 0 bridgehead atoms. The number of hydrogen-bond donors (Lipinski definition) is 4. The van der Waals surface area contributed by atoms with E-state index in [1.54, 1.807) is 29.2 Å². The van der Waals surface area contributed by atoms with Crippen molar-refractivity contribution in [2.45, 2.75) is 57.6 Å². The van der Waals surface area contributed by atoms with Gasteiger partial charge in [-0.1, -0.05) is 67.4 Å². The molecule has 0 saturated carbocycles. The van der Waals surface area contributed by atoms with Crippen LogP contribution in [-0.2, 0) is 20.7 Å². The molecule has 0 spiro atoms. The standard InChI is InChI=1S/C30H37BCl2N4O6/c1-19(2)13-21(16-34)30(40)37-12-6-9-23(37)17-43-18-26(35-28(38)24-15-22(32)10-11-25(24)33)29(39)36-27(31(41)42)14-20-7-4-3-5-8-20/h3-5,7-8,10-11,15,19,21,23,26-27,41-42H,6,9,12-14,17-18H2,1-2H3,(H,35,38)(H,36,39)/t21?,23-,26+,27+/m1/s1. The molecule has 0 aromatic heterocycles. The molecular formula is C30H37BCl2N4O6. The monoisotopic (exact) mass is 630 g/mol. The summed E-state index contributed by atoms with van der Waals surface area (Å²) in [6.07, 6.45) is 2.01. The Kier molecular flexibility index (Phi) is 13.3. The first-order valence-electron chi connectivity index (χ1n) is 14.2. The summed E-state index contributed by atoms with van der Waals surface area (Å²) in [5.41, 5.74) is 0.817. The zero-order valence-electron chi connectivity index (χ0n) is 24.2. The van der Waals surface area contributed by atoms with Crippen molar-refractivity contribution >= 4 is 48.0 Å². The summed E-state index contributed by atoms with van der Waals surface area (Å²) in [6.45, 7) is 4.23. The average Bonchev–Trinajstić information content (AvgIpc) is 3.44. The highest BCUT2D eigenvalue weighted by Crippen LogP contribution is 2.23. The molecule has 0 radical (unpaired) electrons. The van der Waals surface area contributed by atoms with E-state index in [1.807, 2.05) is 19.9 Å². The van der Waals surface area contributed by atoms with Gasteiger partial charge in [0.25, 0.3) is 5.91 Å². The molecule has 1 heterocycles. The molecule has 1 unspecified atom stereocenters. The average molecular weight is 631 g/mol. The van der Waals surface area contributed by atoms with Gasteiger partial charge in [-0.15, -0.1) is 0 Å². The Morgan fingerprint density at radius 1 is 1.14 bits per heavy atom. The van der Waals surface area contributed by atoms with E-state index in [9.17, 15) is 29.7 Å². The molecule has 2 aromatic carbocycles. The van der Waals surface area contributed by atoms with Gasteiger partial charge < -0.3 is 30.3 Å². The highest BCUT2D eigenvalue weighted by Gasteiger charge is 2.35. The first-order chi connectivity index (χ1) is 20.5.